The minimum absolute atomic E-state index is 0.116. The fourth-order valence-electron chi connectivity index (χ4n) is 4.25. The normalized spacial score (nSPS) is 22.0. The Bertz CT molecular complexity index is 1130. The second-order valence-corrected chi connectivity index (χ2v) is 9.40. The van der Waals surface area contributed by atoms with Crippen LogP contribution in [-0.4, -0.2) is 67.6 Å². The van der Waals surface area contributed by atoms with Gasteiger partial charge in [-0.15, -0.1) is 0 Å². The maximum atomic E-state index is 13.3. The monoisotopic (exact) mass is 494 g/mol. The van der Waals surface area contributed by atoms with Crippen LogP contribution in [0, 0.1) is 5.92 Å². The topological polar surface area (TPSA) is 132 Å². The van der Waals surface area contributed by atoms with Crippen molar-refractivity contribution >= 4 is 17.7 Å². The quantitative estimate of drug-likeness (QED) is 0.574. The number of rotatable bonds is 4. The zero-order valence-corrected chi connectivity index (χ0v) is 19.9. The zero-order chi connectivity index (χ0) is 25.1. The average molecular weight is 495 g/mol. The third-order valence-corrected chi connectivity index (χ3v) is 6.51. The Balaban J connectivity index is 1.43. The number of amides is 3. The highest BCUT2D eigenvalue weighted by molar-refractivity contribution is 5.95. The molecule has 36 heavy (non-hydrogen) atoms. The molecule has 3 aliphatic heterocycles. The molecule has 4 bridgehead atoms. The molecular weight excluding hydrogens is 464 g/mol. The molecular formula is C26H30N4O6. The number of ether oxygens (including phenoxy) is 3. The van der Waals surface area contributed by atoms with Gasteiger partial charge in [-0.2, -0.15) is 0 Å². The van der Waals surface area contributed by atoms with Crippen molar-refractivity contribution in [3.05, 3.63) is 53.6 Å². The van der Waals surface area contributed by atoms with E-state index >= 15 is 0 Å². The molecule has 3 amide bonds. The number of fused-ring (bicyclic) bond motifs is 7. The lowest BCUT2D eigenvalue weighted by Crippen LogP contribution is -2.45. The van der Waals surface area contributed by atoms with Crippen molar-refractivity contribution in [3.8, 4) is 17.2 Å². The Labute approximate surface area is 209 Å². The zero-order valence-electron chi connectivity index (χ0n) is 19.9. The van der Waals surface area contributed by atoms with E-state index in [1.54, 1.807) is 35.2 Å². The molecule has 1 saturated carbocycles. The summed E-state index contributed by atoms with van der Waals surface area (Å²) in [4.78, 5) is 39.5. The number of carbonyl (C=O) groups is 3. The van der Waals surface area contributed by atoms with Crippen LogP contribution in [0.1, 0.15) is 28.8 Å². The smallest absolute Gasteiger partial charge is 0.258 e. The molecule has 2 atom stereocenters. The van der Waals surface area contributed by atoms with Crippen molar-refractivity contribution in [3.63, 3.8) is 0 Å². The summed E-state index contributed by atoms with van der Waals surface area (Å²) in [6.45, 7) is 1.17. The first-order chi connectivity index (χ1) is 17.5. The summed E-state index contributed by atoms with van der Waals surface area (Å²) in [6.07, 6.45) is 1.80. The second kappa shape index (κ2) is 10.4. The molecule has 3 heterocycles. The number of likely N-dealkylation sites (tertiary alicyclic amines) is 1. The number of carbonyl (C=O) groups excluding carboxylic acids is 3. The number of nitrogens with one attached hydrogen (secondary N) is 2. The van der Waals surface area contributed by atoms with Gasteiger partial charge in [0.05, 0.1) is 25.7 Å². The minimum Gasteiger partial charge on any atom is -0.493 e. The van der Waals surface area contributed by atoms with Gasteiger partial charge >= 0.3 is 0 Å². The fourth-order valence-corrected chi connectivity index (χ4v) is 4.25. The van der Waals surface area contributed by atoms with E-state index in [1.807, 2.05) is 12.1 Å². The maximum absolute atomic E-state index is 13.3. The van der Waals surface area contributed by atoms with Crippen LogP contribution < -0.4 is 30.6 Å². The molecule has 4 N–H and O–H groups in total. The van der Waals surface area contributed by atoms with E-state index in [0.29, 0.717) is 48.4 Å². The SMILES string of the molecule is NCC(=O)N1C[C@@H]2NC(=O)c3cc(cc(OCC4CC4)c3)OCC(=O)NCc3ccc(cc3)O[C@H]2C1. The van der Waals surface area contributed by atoms with Crippen LogP contribution >= 0.6 is 0 Å². The van der Waals surface area contributed by atoms with Crippen LogP contribution in [0.2, 0.25) is 0 Å². The van der Waals surface area contributed by atoms with Gasteiger partial charge in [-0.1, -0.05) is 12.1 Å². The van der Waals surface area contributed by atoms with E-state index in [1.165, 1.54) is 0 Å². The number of hydrogen-bond donors (Lipinski definition) is 3. The molecule has 0 unspecified atom stereocenters. The van der Waals surface area contributed by atoms with Crippen molar-refractivity contribution in [2.75, 3.05) is 32.8 Å². The summed E-state index contributed by atoms with van der Waals surface area (Å²) < 4.78 is 17.8. The molecule has 10 heteroatoms. The molecule has 1 saturated heterocycles. The third kappa shape index (κ3) is 5.88. The van der Waals surface area contributed by atoms with Gasteiger partial charge in [0.15, 0.2) is 6.61 Å². The van der Waals surface area contributed by atoms with Crippen molar-refractivity contribution in [1.82, 2.24) is 15.5 Å². The van der Waals surface area contributed by atoms with Gasteiger partial charge < -0.3 is 35.5 Å². The minimum atomic E-state index is -0.462. The summed E-state index contributed by atoms with van der Waals surface area (Å²) in [5.41, 5.74) is 6.80. The fraction of sp³-hybridized carbons (Fsp3) is 0.423. The van der Waals surface area contributed by atoms with Crippen LogP contribution in [0.25, 0.3) is 0 Å². The summed E-state index contributed by atoms with van der Waals surface area (Å²) in [6, 6.07) is 11.8. The highest BCUT2D eigenvalue weighted by atomic mass is 16.5. The first-order valence-corrected chi connectivity index (χ1v) is 12.2. The summed E-state index contributed by atoms with van der Waals surface area (Å²) >= 11 is 0. The lowest BCUT2D eigenvalue weighted by molar-refractivity contribution is -0.129. The largest absolute Gasteiger partial charge is 0.493 e. The molecule has 2 aromatic carbocycles. The Morgan fingerprint density at radius 3 is 2.64 bits per heavy atom. The van der Waals surface area contributed by atoms with Crippen molar-refractivity contribution in [2.24, 2.45) is 11.7 Å². The predicted molar refractivity (Wildman–Crippen MR) is 130 cm³/mol. The van der Waals surface area contributed by atoms with Gasteiger partial charge in [-0.3, -0.25) is 14.4 Å². The molecule has 2 aromatic rings. The van der Waals surface area contributed by atoms with Crippen LogP contribution in [0.15, 0.2) is 42.5 Å². The number of benzene rings is 2. The first-order valence-electron chi connectivity index (χ1n) is 12.2. The maximum Gasteiger partial charge on any atom is 0.258 e. The Morgan fingerprint density at radius 1 is 1.08 bits per heavy atom. The van der Waals surface area contributed by atoms with Gasteiger partial charge in [-0.25, -0.2) is 0 Å². The molecule has 0 aromatic heterocycles. The van der Waals surface area contributed by atoms with E-state index in [-0.39, 0.29) is 37.4 Å². The first kappa shape index (κ1) is 23.9. The van der Waals surface area contributed by atoms with Crippen molar-refractivity contribution in [2.45, 2.75) is 31.5 Å². The summed E-state index contributed by atoms with van der Waals surface area (Å²) in [7, 11) is 0. The molecule has 10 nitrogen and oxygen atoms in total. The standard InChI is InChI=1S/C26H30N4O6/c27-10-25(32)30-12-22-23(13-30)36-19-5-3-16(4-6-19)11-28-24(31)15-35-21-8-18(26(33)29-22)7-20(9-21)34-14-17-1-2-17/h3-9,17,22-23H,1-2,10-15,27H2,(H,28,31)(H,29,33)/t22-,23-/m0/s1. The van der Waals surface area contributed by atoms with Gasteiger partial charge in [0, 0.05) is 24.7 Å². The lowest BCUT2D eigenvalue weighted by atomic mass is 10.1. The number of hydrogen-bond acceptors (Lipinski definition) is 7. The van der Waals surface area contributed by atoms with Crippen LogP contribution in [0.4, 0.5) is 0 Å². The van der Waals surface area contributed by atoms with Crippen molar-refractivity contribution in [1.29, 1.82) is 0 Å². The molecule has 1 aliphatic carbocycles. The molecule has 190 valence electrons. The molecule has 6 rings (SSSR count). The molecule has 4 aliphatic rings. The molecule has 0 radical (unpaired) electrons. The van der Waals surface area contributed by atoms with E-state index in [4.69, 9.17) is 19.9 Å². The number of nitrogens with two attached hydrogens (primary N) is 1. The molecule has 2 fully saturated rings. The summed E-state index contributed by atoms with van der Waals surface area (Å²) in [5, 5.41) is 5.83. The third-order valence-electron chi connectivity index (χ3n) is 6.51. The van der Waals surface area contributed by atoms with E-state index < -0.39 is 12.1 Å². The lowest BCUT2D eigenvalue weighted by Gasteiger charge is -2.21. The predicted octanol–water partition coefficient (Wildman–Crippen LogP) is 0.831. The van der Waals surface area contributed by atoms with E-state index in [9.17, 15) is 14.4 Å². The number of nitrogens with zero attached hydrogens (tertiary/aromatic N) is 1. The average Bonchev–Trinajstić information content (AvgIpc) is 3.65. The van der Waals surface area contributed by atoms with Crippen molar-refractivity contribution < 1.29 is 28.6 Å². The van der Waals surface area contributed by atoms with E-state index in [2.05, 4.69) is 10.6 Å². The summed E-state index contributed by atoms with van der Waals surface area (Å²) in [5.74, 6) is 1.13. The van der Waals surface area contributed by atoms with Crippen LogP contribution in [-0.2, 0) is 16.1 Å². The van der Waals surface area contributed by atoms with Crippen LogP contribution in [0.3, 0.4) is 0 Å². The Hall–Kier alpha value is -3.79. The van der Waals surface area contributed by atoms with Gasteiger partial charge in [0.1, 0.15) is 23.4 Å². The van der Waals surface area contributed by atoms with Gasteiger partial charge in [0.25, 0.3) is 11.8 Å². The van der Waals surface area contributed by atoms with Crippen LogP contribution in [0.5, 0.6) is 17.2 Å². The second-order valence-electron chi connectivity index (χ2n) is 9.40. The molecule has 0 spiro atoms. The Morgan fingerprint density at radius 2 is 1.89 bits per heavy atom. The highest BCUT2D eigenvalue weighted by Crippen LogP contribution is 2.31. The van der Waals surface area contributed by atoms with Gasteiger partial charge in [-0.05, 0) is 48.6 Å². The highest BCUT2D eigenvalue weighted by Gasteiger charge is 2.37. The van der Waals surface area contributed by atoms with E-state index in [0.717, 1.165) is 18.4 Å². The van der Waals surface area contributed by atoms with Gasteiger partial charge in [0.2, 0.25) is 5.91 Å². The Kier molecular flexibility index (Phi) is 6.95.